The van der Waals surface area contributed by atoms with E-state index in [2.05, 4.69) is 0 Å². The number of aryl methyl sites for hydroxylation is 1. The van der Waals surface area contributed by atoms with E-state index in [0.717, 1.165) is 34.8 Å². The van der Waals surface area contributed by atoms with Crippen molar-refractivity contribution < 1.29 is 31.8 Å². The molecule has 9 nitrogen and oxygen atoms in total. The topological polar surface area (TPSA) is 118 Å². The molecule has 11 heteroatoms. The summed E-state index contributed by atoms with van der Waals surface area (Å²) in [6.07, 6.45) is 2.56. The summed E-state index contributed by atoms with van der Waals surface area (Å²) in [5.41, 5.74) is 1.08. The van der Waals surface area contributed by atoms with Crippen LogP contribution in [-0.2, 0) is 19.7 Å². The van der Waals surface area contributed by atoms with Crippen LogP contribution in [0.25, 0.3) is 0 Å². The highest BCUT2D eigenvalue weighted by Crippen LogP contribution is 2.56. The number of nitrogens with zero attached hydrogens (tertiary/aromatic N) is 2. The van der Waals surface area contributed by atoms with E-state index in [1.807, 2.05) is 6.92 Å². The number of halogens is 1. The van der Waals surface area contributed by atoms with Crippen molar-refractivity contribution in [2.45, 2.75) is 31.1 Å². The molecule has 3 aliphatic rings. The molecule has 0 radical (unpaired) electrons. The molecule has 4 atom stereocenters. The molecule has 3 aromatic rings. The first-order valence-corrected chi connectivity index (χ1v) is 15.4. The van der Waals surface area contributed by atoms with Gasteiger partial charge >= 0.3 is 10.1 Å². The van der Waals surface area contributed by atoms with Crippen LogP contribution in [0.3, 0.4) is 0 Å². The molecule has 1 saturated heterocycles. The van der Waals surface area contributed by atoms with Crippen molar-refractivity contribution in [3.05, 3.63) is 94.5 Å². The predicted octanol–water partition coefficient (Wildman–Crippen LogP) is 4.69. The molecule has 0 spiro atoms. The van der Waals surface area contributed by atoms with Crippen LogP contribution in [0.15, 0.2) is 77.7 Å². The predicted molar refractivity (Wildman–Crippen MR) is 152 cm³/mol. The van der Waals surface area contributed by atoms with Crippen LogP contribution in [0.2, 0.25) is 5.02 Å². The van der Waals surface area contributed by atoms with Gasteiger partial charge < -0.3 is 4.18 Å². The molecule has 3 aromatic carbocycles. The molecular weight excluding hydrogens is 580 g/mol. The molecule has 3 amide bonds. The third-order valence-electron chi connectivity index (χ3n) is 8.47. The molecular formula is C31H27ClN2O7S. The Morgan fingerprint density at radius 2 is 1.50 bits per heavy atom. The van der Waals surface area contributed by atoms with E-state index < -0.39 is 52.0 Å². The van der Waals surface area contributed by atoms with E-state index in [0.29, 0.717) is 0 Å². The third-order valence-corrected chi connectivity index (χ3v) is 10.1. The fourth-order valence-corrected chi connectivity index (χ4v) is 7.59. The average molecular weight is 607 g/mol. The van der Waals surface area contributed by atoms with Crippen LogP contribution in [0.5, 0.6) is 5.75 Å². The number of carbonyl (C=O) groups is 4. The largest absolute Gasteiger partial charge is 0.379 e. The number of amides is 3. The second-order valence-electron chi connectivity index (χ2n) is 11.0. The minimum atomic E-state index is -4.10. The Morgan fingerprint density at radius 3 is 2.10 bits per heavy atom. The van der Waals surface area contributed by atoms with E-state index >= 15 is 0 Å². The molecule has 0 N–H and O–H groups in total. The second-order valence-corrected chi connectivity index (χ2v) is 13.0. The molecule has 42 heavy (non-hydrogen) atoms. The molecule has 1 heterocycles. The maximum absolute atomic E-state index is 13.7. The lowest BCUT2D eigenvalue weighted by Gasteiger charge is -2.31. The van der Waals surface area contributed by atoms with Gasteiger partial charge in [0.25, 0.3) is 17.7 Å². The van der Waals surface area contributed by atoms with Crippen molar-refractivity contribution in [3.63, 3.8) is 0 Å². The van der Waals surface area contributed by atoms with E-state index in [4.69, 9.17) is 15.8 Å². The fourth-order valence-electron chi connectivity index (χ4n) is 6.44. The molecule has 216 valence electrons. The number of benzene rings is 3. The summed E-state index contributed by atoms with van der Waals surface area (Å²) in [5, 5.41) is 1.88. The molecule has 2 aliphatic carbocycles. The molecule has 3 fully saturated rings. The molecule has 2 bridgehead atoms. The van der Waals surface area contributed by atoms with Crippen LogP contribution >= 0.6 is 11.6 Å². The van der Waals surface area contributed by atoms with Gasteiger partial charge in [0.1, 0.15) is 17.2 Å². The van der Waals surface area contributed by atoms with Gasteiger partial charge in [0, 0.05) is 5.56 Å². The van der Waals surface area contributed by atoms with Gasteiger partial charge in [-0.1, -0.05) is 41.4 Å². The van der Waals surface area contributed by atoms with Crippen molar-refractivity contribution in [3.8, 4) is 5.75 Å². The van der Waals surface area contributed by atoms with Gasteiger partial charge in [-0.15, -0.1) is 0 Å². The maximum Gasteiger partial charge on any atom is 0.339 e. The smallest absolute Gasteiger partial charge is 0.339 e. The van der Waals surface area contributed by atoms with Gasteiger partial charge in [0.05, 0.1) is 22.4 Å². The lowest BCUT2D eigenvalue weighted by atomic mass is 9.81. The van der Waals surface area contributed by atoms with Crippen molar-refractivity contribution in [2.24, 2.45) is 23.7 Å². The van der Waals surface area contributed by atoms with Crippen molar-refractivity contribution in [1.82, 2.24) is 10.0 Å². The van der Waals surface area contributed by atoms with Crippen LogP contribution < -0.4 is 4.18 Å². The first kappa shape index (κ1) is 28.1. The first-order chi connectivity index (χ1) is 20.0. The monoisotopic (exact) mass is 606 g/mol. The standard InChI is InChI=1S/C31H27ClN2O7S/c1-18-6-14-23(15-7-18)42(39,40)41-22-12-10-19(11-13-22)26(35)17-33(29(36)24-4-2-3-5-25(24)32)34-30(37)27-20-8-9-21(16-20)28(27)31(34)38/h2-7,10-15,20-21,27-28H,8-9,16-17H2,1H3/t20-,21-,27+,28+/m0/s1. The summed E-state index contributed by atoms with van der Waals surface area (Å²) in [4.78, 5) is 54.3. The highest BCUT2D eigenvalue weighted by Gasteiger charge is 2.62. The lowest BCUT2D eigenvalue weighted by molar-refractivity contribution is -0.155. The van der Waals surface area contributed by atoms with Crippen molar-refractivity contribution in [1.29, 1.82) is 0 Å². The average Bonchev–Trinajstić information content (AvgIpc) is 3.66. The normalized spacial score (nSPS) is 22.8. The Balaban J connectivity index is 1.25. The number of carbonyl (C=O) groups excluding carboxylic acids is 4. The van der Waals surface area contributed by atoms with Crippen molar-refractivity contribution in [2.75, 3.05) is 6.54 Å². The highest BCUT2D eigenvalue weighted by molar-refractivity contribution is 7.87. The number of hydrogen-bond donors (Lipinski definition) is 0. The Morgan fingerprint density at radius 1 is 0.905 bits per heavy atom. The number of fused-ring (bicyclic) bond motifs is 5. The third kappa shape index (κ3) is 4.88. The van der Waals surface area contributed by atoms with Crippen LogP contribution in [-0.4, -0.2) is 48.5 Å². The van der Waals surface area contributed by atoms with E-state index in [1.54, 1.807) is 24.3 Å². The minimum absolute atomic E-state index is 0.00989. The zero-order chi connectivity index (χ0) is 29.8. The Kier molecular flexibility index (Phi) is 7.14. The number of hydrogen-bond acceptors (Lipinski definition) is 7. The molecule has 0 aromatic heterocycles. The fraction of sp³-hybridized carbons (Fsp3) is 0.290. The van der Waals surface area contributed by atoms with E-state index in [-0.39, 0.29) is 38.6 Å². The molecule has 2 saturated carbocycles. The summed E-state index contributed by atoms with van der Waals surface area (Å²) < 4.78 is 30.5. The number of Topliss-reactive ketones (excluding diaryl/α,β-unsaturated/α-hetero) is 1. The van der Waals surface area contributed by atoms with E-state index in [1.165, 1.54) is 48.5 Å². The number of rotatable bonds is 8. The number of hydrazine groups is 1. The van der Waals surface area contributed by atoms with Gasteiger partial charge in [-0.2, -0.15) is 13.4 Å². The Hall–Kier alpha value is -4.02. The summed E-state index contributed by atoms with van der Waals surface area (Å²) >= 11 is 6.29. The summed E-state index contributed by atoms with van der Waals surface area (Å²) in [6.45, 7) is 1.24. The van der Waals surface area contributed by atoms with Gasteiger partial charge in [-0.25, -0.2) is 5.01 Å². The maximum atomic E-state index is 13.7. The van der Waals surface area contributed by atoms with Crippen LogP contribution in [0.1, 0.15) is 45.5 Å². The van der Waals surface area contributed by atoms with Gasteiger partial charge in [-0.3, -0.25) is 19.2 Å². The quantitative estimate of drug-likeness (QED) is 0.207. The second kappa shape index (κ2) is 10.7. The molecule has 1 aliphatic heterocycles. The van der Waals surface area contributed by atoms with Gasteiger partial charge in [0.15, 0.2) is 5.78 Å². The van der Waals surface area contributed by atoms with E-state index in [9.17, 15) is 27.6 Å². The number of imide groups is 1. The Bertz CT molecular complexity index is 1680. The minimum Gasteiger partial charge on any atom is -0.379 e. The van der Waals surface area contributed by atoms with Crippen LogP contribution in [0, 0.1) is 30.6 Å². The highest BCUT2D eigenvalue weighted by atomic mass is 35.5. The summed E-state index contributed by atoms with van der Waals surface area (Å²) in [5.74, 6) is -3.03. The van der Waals surface area contributed by atoms with Gasteiger partial charge in [0.2, 0.25) is 0 Å². The van der Waals surface area contributed by atoms with Crippen LogP contribution in [0.4, 0.5) is 0 Å². The first-order valence-electron chi connectivity index (χ1n) is 13.6. The molecule has 0 unspecified atom stereocenters. The lowest BCUT2D eigenvalue weighted by Crippen LogP contribution is -2.52. The summed E-state index contributed by atoms with van der Waals surface area (Å²) in [7, 11) is -4.10. The van der Waals surface area contributed by atoms with Gasteiger partial charge in [-0.05, 0) is 86.6 Å². The number of ketones is 1. The zero-order valence-corrected chi connectivity index (χ0v) is 24.2. The SMILES string of the molecule is Cc1ccc(S(=O)(=O)Oc2ccc(C(=O)CN(C(=O)c3ccccc3Cl)N3C(=O)[C@@H]4[C@H]5CC[C@@H](C5)[C@H]4C3=O)cc2)cc1. The zero-order valence-electron chi connectivity index (χ0n) is 22.6. The molecule has 6 rings (SSSR count). The summed E-state index contributed by atoms with van der Waals surface area (Å²) in [6, 6.07) is 17.8. The van der Waals surface area contributed by atoms with Crippen molar-refractivity contribution >= 4 is 45.2 Å². The Labute approximate surface area is 248 Å².